The Morgan fingerprint density at radius 3 is 1.95 bits per heavy atom. The van der Waals surface area contributed by atoms with Crippen molar-refractivity contribution in [3.05, 3.63) is 0 Å². The highest BCUT2D eigenvalue weighted by Gasteiger charge is 2.22. The molecule has 0 bridgehead atoms. The zero-order valence-electron chi connectivity index (χ0n) is 14.3. The predicted molar refractivity (Wildman–Crippen MR) is 84.3 cm³/mol. The van der Waals surface area contributed by atoms with Crippen LogP contribution < -0.4 is 5.43 Å². The molecule has 1 aliphatic rings. The van der Waals surface area contributed by atoms with E-state index >= 15 is 0 Å². The van der Waals surface area contributed by atoms with Gasteiger partial charge in [-0.3, -0.25) is 10.2 Å². The maximum Gasteiger partial charge on any atom is 0.234 e. The van der Waals surface area contributed by atoms with E-state index in [4.69, 9.17) is 0 Å². The van der Waals surface area contributed by atoms with Crippen LogP contribution in [0.1, 0.15) is 54.4 Å². The Morgan fingerprint density at radius 1 is 0.950 bits per heavy atom. The van der Waals surface area contributed by atoms with Gasteiger partial charge in [0.1, 0.15) is 0 Å². The van der Waals surface area contributed by atoms with Crippen LogP contribution in [0.5, 0.6) is 0 Å². The molecule has 20 heavy (non-hydrogen) atoms. The van der Waals surface area contributed by atoms with E-state index in [1.54, 1.807) is 0 Å². The SMILES string of the molecule is CC(C)(C)CCN1CCN(NC(=O)CC(C)(C)C)CC1. The van der Waals surface area contributed by atoms with Crippen LogP contribution in [0.15, 0.2) is 0 Å². The van der Waals surface area contributed by atoms with Gasteiger partial charge in [-0.25, -0.2) is 5.01 Å². The highest BCUT2D eigenvalue weighted by Crippen LogP contribution is 2.19. The molecule has 4 nitrogen and oxygen atoms in total. The summed E-state index contributed by atoms with van der Waals surface area (Å²) in [6.07, 6.45) is 1.81. The second-order valence-corrected chi connectivity index (χ2v) is 8.41. The maximum atomic E-state index is 11.9. The fourth-order valence-corrected chi connectivity index (χ4v) is 2.27. The summed E-state index contributed by atoms with van der Waals surface area (Å²) in [6.45, 7) is 18.3. The van der Waals surface area contributed by atoms with Gasteiger partial charge in [0.2, 0.25) is 5.91 Å². The number of carbonyl (C=O) groups excluding carboxylic acids is 1. The Bertz CT molecular complexity index is 307. The molecule has 118 valence electrons. The lowest BCUT2D eigenvalue weighted by Crippen LogP contribution is -2.54. The molecular formula is C16H33N3O. The van der Waals surface area contributed by atoms with Gasteiger partial charge in [0.25, 0.3) is 0 Å². The van der Waals surface area contributed by atoms with Crippen molar-refractivity contribution in [3.8, 4) is 0 Å². The van der Waals surface area contributed by atoms with Crippen molar-refractivity contribution in [1.29, 1.82) is 0 Å². The van der Waals surface area contributed by atoms with E-state index in [1.165, 1.54) is 6.42 Å². The number of amides is 1. The van der Waals surface area contributed by atoms with E-state index in [-0.39, 0.29) is 11.3 Å². The van der Waals surface area contributed by atoms with Crippen LogP contribution in [0.2, 0.25) is 0 Å². The predicted octanol–water partition coefficient (Wildman–Crippen LogP) is 2.51. The first-order valence-corrected chi connectivity index (χ1v) is 7.82. The Balaban J connectivity index is 2.24. The van der Waals surface area contributed by atoms with Crippen molar-refractivity contribution < 1.29 is 4.79 Å². The molecule has 0 aromatic carbocycles. The molecule has 0 aromatic rings. The average molecular weight is 283 g/mol. The molecule has 1 heterocycles. The van der Waals surface area contributed by atoms with Crippen LogP contribution in [0.3, 0.4) is 0 Å². The Labute approximate surface area is 124 Å². The lowest BCUT2D eigenvalue weighted by atomic mass is 9.92. The molecule has 0 saturated carbocycles. The Hall–Kier alpha value is -0.610. The van der Waals surface area contributed by atoms with Gasteiger partial charge < -0.3 is 4.90 Å². The molecular weight excluding hydrogens is 250 g/mol. The zero-order valence-corrected chi connectivity index (χ0v) is 14.3. The topological polar surface area (TPSA) is 35.6 Å². The van der Waals surface area contributed by atoms with Crippen LogP contribution in [0, 0.1) is 10.8 Å². The van der Waals surface area contributed by atoms with Gasteiger partial charge in [-0.05, 0) is 23.8 Å². The van der Waals surface area contributed by atoms with Gasteiger partial charge in [-0.1, -0.05) is 41.5 Å². The van der Waals surface area contributed by atoms with Crippen LogP contribution in [0.25, 0.3) is 0 Å². The fourth-order valence-electron chi connectivity index (χ4n) is 2.27. The van der Waals surface area contributed by atoms with E-state index in [1.807, 2.05) is 0 Å². The highest BCUT2D eigenvalue weighted by molar-refractivity contribution is 5.76. The molecule has 0 unspecified atom stereocenters. The number of hydrazine groups is 1. The molecule has 1 aliphatic heterocycles. The monoisotopic (exact) mass is 283 g/mol. The quantitative estimate of drug-likeness (QED) is 0.861. The van der Waals surface area contributed by atoms with Gasteiger partial charge in [-0.2, -0.15) is 0 Å². The first-order valence-electron chi connectivity index (χ1n) is 7.82. The molecule has 1 amide bonds. The number of rotatable bonds is 4. The van der Waals surface area contributed by atoms with E-state index in [0.717, 1.165) is 32.7 Å². The van der Waals surface area contributed by atoms with E-state index in [0.29, 0.717) is 11.8 Å². The number of hydrogen-bond donors (Lipinski definition) is 1. The van der Waals surface area contributed by atoms with Crippen LogP contribution in [0.4, 0.5) is 0 Å². The minimum Gasteiger partial charge on any atom is -0.301 e. The Kier molecular flexibility index (Phi) is 6.02. The van der Waals surface area contributed by atoms with E-state index < -0.39 is 0 Å². The van der Waals surface area contributed by atoms with E-state index in [2.05, 4.69) is 56.9 Å². The number of carbonyl (C=O) groups is 1. The summed E-state index contributed by atoms with van der Waals surface area (Å²) in [6, 6.07) is 0. The maximum absolute atomic E-state index is 11.9. The molecule has 4 heteroatoms. The molecule has 1 rings (SSSR count). The van der Waals surface area contributed by atoms with Crippen molar-refractivity contribution in [2.45, 2.75) is 54.4 Å². The molecule has 0 aliphatic carbocycles. The summed E-state index contributed by atoms with van der Waals surface area (Å²) in [5.74, 6) is 0.139. The summed E-state index contributed by atoms with van der Waals surface area (Å²) in [5, 5.41) is 2.07. The second kappa shape index (κ2) is 6.90. The number of hydrogen-bond acceptors (Lipinski definition) is 3. The normalized spacial score (nSPS) is 19.1. The molecule has 1 N–H and O–H groups in total. The number of piperazine rings is 1. The van der Waals surface area contributed by atoms with Crippen LogP contribution >= 0.6 is 0 Å². The summed E-state index contributed by atoms with van der Waals surface area (Å²) in [4.78, 5) is 14.4. The Morgan fingerprint density at radius 2 is 1.50 bits per heavy atom. The minimum atomic E-state index is 0.0542. The van der Waals surface area contributed by atoms with Gasteiger partial charge in [0.15, 0.2) is 0 Å². The zero-order chi connectivity index (χ0) is 15.4. The van der Waals surface area contributed by atoms with Gasteiger partial charge in [-0.15, -0.1) is 0 Å². The highest BCUT2D eigenvalue weighted by atomic mass is 16.2. The summed E-state index contributed by atoms with van der Waals surface area (Å²) in [5.41, 5.74) is 3.49. The van der Waals surface area contributed by atoms with Crippen molar-refractivity contribution in [1.82, 2.24) is 15.3 Å². The second-order valence-electron chi connectivity index (χ2n) is 8.41. The van der Waals surface area contributed by atoms with Crippen LogP contribution in [-0.4, -0.2) is 48.5 Å². The lowest BCUT2D eigenvalue weighted by Gasteiger charge is -2.36. The first kappa shape index (κ1) is 17.4. The molecule has 0 aromatic heterocycles. The molecule has 0 spiro atoms. The minimum absolute atomic E-state index is 0.0542. The van der Waals surface area contributed by atoms with Crippen molar-refractivity contribution in [2.24, 2.45) is 10.8 Å². The first-order chi connectivity index (χ1) is 9.05. The fraction of sp³-hybridized carbons (Fsp3) is 0.938. The van der Waals surface area contributed by atoms with Crippen LogP contribution in [-0.2, 0) is 4.79 Å². The number of nitrogens with one attached hydrogen (secondary N) is 1. The smallest absolute Gasteiger partial charge is 0.234 e. The third kappa shape index (κ3) is 7.85. The van der Waals surface area contributed by atoms with E-state index in [9.17, 15) is 4.79 Å². The third-order valence-corrected chi connectivity index (χ3v) is 3.52. The van der Waals surface area contributed by atoms with Crippen molar-refractivity contribution in [2.75, 3.05) is 32.7 Å². The molecule has 0 radical (unpaired) electrons. The van der Waals surface area contributed by atoms with Crippen molar-refractivity contribution >= 4 is 5.91 Å². The van der Waals surface area contributed by atoms with Gasteiger partial charge >= 0.3 is 0 Å². The molecule has 0 atom stereocenters. The standard InChI is InChI=1S/C16H33N3O/c1-15(2,3)7-8-18-9-11-19(12-10-18)17-14(20)13-16(4,5)6/h7-13H2,1-6H3,(H,17,20). The molecule has 1 fully saturated rings. The van der Waals surface area contributed by atoms with Crippen molar-refractivity contribution in [3.63, 3.8) is 0 Å². The lowest BCUT2D eigenvalue weighted by molar-refractivity contribution is -0.128. The average Bonchev–Trinajstić information content (AvgIpc) is 2.24. The largest absolute Gasteiger partial charge is 0.301 e. The molecule has 1 saturated heterocycles. The summed E-state index contributed by atoms with van der Waals surface area (Å²) < 4.78 is 0. The van der Waals surface area contributed by atoms with Gasteiger partial charge in [0.05, 0.1) is 0 Å². The third-order valence-electron chi connectivity index (χ3n) is 3.52. The number of nitrogens with zero attached hydrogens (tertiary/aromatic N) is 2. The van der Waals surface area contributed by atoms with Gasteiger partial charge in [0, 0.05) is 32.6 Å². The summed E-state index contributed by atoms with van der Waals surface area (Å²) in [7, 11) is 0. The summed E-state index contributed by atoms with van der Waals surface area (Å²) >= 11 is 0.